The van der Waals surface area contributed by atoms with Crippen molar-refractivity contribution < 1.29 is 18.3 Å². The van der Waals surface area contributed by atoms with E-state index in [4.69, 9.17) is 9.15 Å². The largest absolute Gasteiger partial charge is 0.486 e. The van der Waals surface area contributed by atoms with Crippen LogP contribution in [0.3, 0.4) is 0 Å². The normalized spacial score (nSPS) is 16.7. The number of halogens is 1. The van der Waals surface area contributed by atoms with Crippen LogP contribution in [0.15, 0.2) is 59.1 Å². The molecule has 2 aliphatic rings. The summed E-state index contributed by atoms with van der Waals surface area (Å²) in [6.07, 6.45) is 3.58. The molecule has 0 unspecified atom stereocenters. The predicted octanol–water partition coefficient (Wildman–Crippen LogP) is 3.66. The van der Waals surface area contributed by atoms with Crippen molar-refractivity contribution in [2.75, 3.05) is 18.0 Å². The molecule has 0 N–H and O–H groups in total. The first-order chi connectivity index (χ1) is 17.1. The molecule has 0 amide bonds. The Morgan fingerprint density at radius 2 is 1.86 bits per heavy atom. The van der Waals surface area contributed by atoms with Gasteiger partial charge in [0.25, 0.3) is 5.89 Å². The van der Waals surface area contributed by atoms with E-state index in [0.717, 1.165) is 5.69 Å². The third-order valence-electron chi connectivity index (χ3n) is 6.46. The number of anilines is 1. The summed E-state index contributed by atoms with van der Waals surface area (Å²) < 4.78 is 26.0. The average Bonchev–Trinajstić information content (AvgIpc) is 3.33. The predicted molar refractivity (Wildman–Crippen MR) is 123 cm³/mol. The summed E-state index contributed by atoms with van der Waals surface area (Å²) in [7, 11) is 0. The van der Waals surface area contributed by atoms with Crippen molar-refractivity contribution in [2.24, 2.45) is 0 Å². The van der Waals surface area contributed by atoms with Crippen molar-refractivity contribution >= 4 is 11.6 Å². The van der Waals surface area contributed by atoms with E-state index in [1.807, 2.05) is 24.3 Å². The van der Waals surface area contributed by atoms with E-state index in [2.05, 4.69) is 30.3 Å². The first-order valence-electron chi connectivity index (χ1n) is 11.4. The number of benzene rings is 1. The van der Waals surface area contributed by atoms with Crippen molar-refractivity contribution in [3.8, 4) is 17.3 Å². The molecule has 0 saturated carbocycles. The number of aromatic nitrogens is 5. The monoisotopic (exact) mass is 472 g/mol. The maximum Gasteiger partial charge on any atom is 0.268 e. The number of pyridine rings is 1. The van der Waals surface area contributed by atoms with E-state index in [1.54, 1.807) is 24.4 Å². The third kappa shape index (κ3) is 4.11. The second kappa shape index (κ2) is 8.53. The molecule has 176 valence electrons. The summed E-state index contributed by atoms with van der Waals surface area (Å²) in [5.41, 5.74) is 0.771. The zero-order valence-corrected chi connectivity index (χ0v) is 18.7. The molecule has 35 heavy (non-hydrogen) atoms. The minimum absolute atomic E-state index is 0.0613. The molecule has 0 aliphatic carbocycles. The van der Waals surface area contributed by atoms with Crippen LogP contribution < -0.4 is 9.64 Å². The molecule has 2 aliphatic heterocycles. The van der Waals surface area contributed by atoms with Crippen LogP contribution >= 0.6 is 0 Å². The lowest BCUT2D eigenvalue weighted by atomic mass is 9.82. The molecule has 4 aromatic rings. The molecule has 6 rings (SSSR count). The molecule has 1 fully saturated rings. The Morgan fingerprint density at radius 3 is 2.63 bits per heavy atom. The Bertz CT molecular complexity index is 1370. The number of Topliss-reactive ketones (excluding diaryl/α,β-unsaturated/α-hetero) is 1. The first kappa shape index (κ1) is 21.3. The van der Waals surface area contributed by atoms with Crippen LogP contribution in [0.5, 0.6) is 5.75 Å². The van der Waals surface area contributed by atoms with Crippen LogP contribution in [0, 0.1) is 5.82 Å². The highest BCUT2D eigenvalue weighted by Crippen LogP contribution is 2.40. The fourth-order valence-corrected chi connectivity index (χ4v) is 4.63. The molecule has 0 bridgehead atoms. The van der Waals surface area contributed by atoms with Crippen LogP contribution in [0.25, 0.3) is 11.6 Å². The number of ketones is 1. The number of ether oxygens (including phenoxy) is 1. The Hall–Kier alpha value is -4.21. The van der Waals surface area contributed by atoms with E-state index >= 15 is 0 Å². The highest BCUT2D eigenvalue weighted by Gasteiger charge is 2.44. The van der Waals surface area contributed by atoms with Gasteiger partial charge in [-0.25, -0.2) is 4.39 Å². The van der Waals surface area contributed by atoms with E-state index < -0.39 is 11.4 Å². The van der Waals surface area contributed by atoms with E-state index in [-0.39, 0.29) is 17.8 Å². The molecule has 1 aromatic carbocycles. The molecule has 0 atom stereocenters. The minimum Gasteiger partial charge on any atom is -0.486 e. The van der Waals surface area contributed by atoms with Crippen molar-refractivity contribution in [3.05, 3.63) is 77.7 Å². The van der Waals surface area contributed by atoms with Crippen LogP contribution in [0.1, 0.15) is 41.2 Å². The van der Waals surface area contributed by atoms with Gasteiger partial charge in [0.15, 0.2) is 11.6 Å². The Balaban J connectivity index is 1.11. The lowest BCUT2D eigenvalue weighted by Gasteiger charge is -2.44. The number of hydrogen-bond acceptors (Lipinski definition) is 9. The molecule has 0 radical (unpaired) electrons. The number of nitrogens with zero attached hydrogens (tertiary/aromatic N) is 6. The summed E-state index contributed by atoms with van der Waals surface area (Å²) in [5, 5.41) is 16.8. The maximum atomic E-state index is 14.1. The molecule has 9 nitrogen and oxygen atoms in total. The van der Waals surface area contributed by atoms with E-state index in [1.165, 1.54) is 6.07 Å². The number of carbonyl (C=O) groups is 1. The van der Waals surface area contributed by atoms with Crippen LogP contribution in [0.2, 0.25) is 0 Å². The second-order valence-corrected chi connectivity index (χ2v) is 8.76. The number of piperidine rings is 1. The number of hydrogen-bond donors (Lipinski definition) is 0. The number of fused-ring (bicyclic) bond motifs is 1. The Kier molecular flexibility index (Phi) is 5.20. The third-order valence-corrected chi connectivity index (χ3v) is 6.46. The summed E-state index contributed by atoms with van der Waals surface area (Å²) >= 11 is 0. The van der Waals surface area contributed by atoms with Crippen molar-refractivity contribution in [3.63, 3.8) is 0 Å². The van der Waals surface area contributed by atoms with Crippen LogP contribution in [0.4, 0.5) is 10.2 Å². The molecule has 5 heterocycles. The fraction of sp³-hybridized carbons (Fsp3) is 0.280. The molecule has 1 spiro atoms. The zero-order chi connectivity index (χ0) is 23.8. The molecular weight excluding hydrogens is 451 g/mol. The molecular formula is C25H21FN6O3. The number of rotatable bonds is 4. The zero-order valence-electron chi connectivity index (χ0n) is 18.7. The minimum atomic E-state index is -0.616. The summed E-state index contributed by atoms with van der Waals surface area (Å²) in [5.74, 6) is 1.07. The van der Waals surface area contributed by atoms with Gasteiger partial charge in [-0.05, 0) is 36.4 Å². The topological polar surface area (TPSA) is 107 Å². The van der Waals surface area contributed by atoms with Crippen LogP contribution in [-0.2, 0) is 6.42 Å². The van der Waals surface area contributed by atoms with Crippen molar-refractivity contribution in [1.29, 1.82) is 0 Å². The van der Waals surface area contributed by atoms with E-state index in [9.17, 15) is 9.18 Å². The van der Waals surface area contributed by atoms with Gasteiger partial charge < -0.3 is 14.1 Å². The Labute approximate surface area is 200 Å². The first-order valence-corrected chi connectivity index (χ1v) is 11.4. The summed E-state index contributed by atoms with van der Waals surface area (Å²) in [6.45, 7) is 1.28. The second-order valence-electron chi connectivity index (χ2n) is 8.76. The van der Waals surface area contributed by atoms with Crippen LogP contribution in [-0.4, -0.2) is 49.9 Å². The SMILES string of the molecule is O=C1CC2(CCN(c3ccc(-c4nnc(Cc5ccccn5)o4)nn3)CC2)Oc2cccc(F)c21. The lowest BCUT2D eigenvalue weighted by molar-refractivity contribution is 0.0223. The average molecular weight is 472 g/mol. The van der Waals surface area contributed by atoms with Crippen molar-refractivity contribution in [2.45, 2.75) is 31.3 Å². The van der Waals surface area contributed by atoms with Gasteiger partial charge in [0, 0.05) is 37.8 Å². The maximum absolute atomic E-state index is 14.1. The van der Waals surface area contributed by atoms with Crippen molar-refractivity contribution in [1.82, 2.24) is 25.4 Å². The lowest BCUT2D eigenvalue weighted by Crippen LogP contribution is -2.51. The van der Waals surface area contributed by atoms with Gasteiger partial charge in [0.05, 0.1) is 18.4 Å². The van der Waals surface area contributed by atoms with Gasteiger partial charge in [-0.1, -0.05) is 12.1 Å². The summed E-state index contributed by atoms with van der Waals surface area (Å²) in [6, 6.07) is 13.8. The fourth-order valence-electron chi connectivity index (χ4n) is 4.63. The molecule has 10 heteroatoms. The Morgan fingerprint density at radius 1 is 0.971 bits per heavy atom. The summed E-state index contributed by atoms with van der Waals surface area (Å²) in [4.78, 5) is 19.0. The van der Waals surface area contributed by atoms with Gasteiger partial charge >= 0.3 is 0 Å². The van der Waals surface area contributed by atoms with Gasteiger partial charge in [-0.3, -0.25) is 9.78 Å². The highest BCUT2D eigenvalue weighted by molar-refractivity contribution is 6.00. The highest BCUT2D eigenvalue weighted by atomic mass is 19.1. The standard InChI is InChI=1S/C25H21FN6O3/c26-17-5-3-6-20-23(17)19(33)15-25(35-20)9-12-32(13-10-25)21-8-7-18(28-29-21)24-31-30-22(34-24)14-16-4-1-2-11-27-16/h1-8,11H,9-10,12-15H2. The van der Waals surface area contributed by atoms with Gasteiger partial charge in [-0.2, -0.15) is 0 Å². The van der Waals surface area contributed by atoms with Gasteiger partial charge in [0.1, 0.15) is 22.9 Å². The molecule has 1 saturated heterocycles. The van der Waals surface area contributed by atoms with E-state index in [0.29, 0.717) is 61.4 Å². The molecule has 3 aromatic heterocycles. The number of carbonyl (C=O) groups excluding carboxylic acids is 1. The smallest absolute Gasteiger partial charge is 0.268 e. The van der Waals surface area contributed by atoms with Gasteiger partial charge in [-0.15, -0.1) is 20.4 Å². The quantitative estimate of drug-likeness (QED) is 0.440. The van der Waals surface area contributed by atoms with Gasteiger partial charge in [0.2, 0.25) is 5.89 Å².